The van der Waals surface area contributed by atoms with Gasteiger partial charge in [0.15, 0.2) is 5.70 Å². The van der Waals surface area contributed by atoms with Gasteiger partial charge in [-0.05, 0) is 24.3 Å². The van der Waals surface area contributed by atoms with E-state index >= 15 is 0 Å². The molecule has 0 bridgehead atoms. The number of halogens is 3. The van der Waals surface area contributed by atoms with Crippen LogP contribution in [0.25, 0.3) is 6.08 Å². The van der Waals surface area contributed by atoms with Crippen molar-refractivity contribution in [2.75, 3.05) is 0 Å². The van der Waals surface area contributed by atoms with Crippen LogP contribution in [0, 0.1) is 10.1 Å². The normalized spacial score (nSPS) is 15.2. The number of benzene rings is 2. The summed E-state index contributed by atoms with van der Waals surface area (Å²) in [6.45, 7) is 0. The van der Waals surface area contributed by atoms with E-state index in [1.165, 1.54) is 24.3 Å². The minimum atomic E-state index is -0.742. The summed E-state index contributed by atoms with van der Waals surface area (Å²) < 4.78 is 5.08. The van der Waals surface area contributed by atoms with E-state index < -0.39 is 10.9 Å². The molecule has 0 aromatic heterocycles. The molecular formula is C16H7Cl3N2O4. The van der Waals surface area contributed by atoms with Crippen molar-refractivity contribution < 1.29 is 14.5 Å². The molecule has 0 N–H and O–H groups in total. The molecular weight excluding hydrogens is 391 g/mol. The summed E-state index contributed by atoms with van der Waals surface area (Å²) in [7, 11) is 0. The summed E-state index contributed by atoms with van der Waals surface area (Å²) in [4.78, 5) is 26.4. The minimum Gasteiger partial charge on any atom is -0.402 e. The third-order valence-corrected chi connectivity index (χ3v) is 4.28. The zero-order chi connectivity index (χ0) is 18.1. The lowest BCUT2D eigenvalue weighted by Gasteiger charge is -2.02. The summed E-state index contributed by atoms with van der Waals surface area (Å²) in [5.41, 5.74) is 0.295. The van der Waals surface area contributed by atoms with Gasteiger partial charge in [-0.1, -0.05) is 40.9 Å². The molecule has 2 aromatic carbocycles. The molecule has 0 atom stereocenters. The Morgan fingerprint density at radius 3 is 2.40 bits per heavy atom. The average Bonchev–Trinajstić information content (AvgIpc) is 2.92. The Labute approximate surface area is 156 Å². The SMILES string of the molecule is O=C1OC(c2cc([N+](=O)[O-])ccc2Cl)=N/C1=C\c1c(Cl)cccc1Cl. The summed E-state index contributed by atoms with van der Waals surface area (Å²) in [6.07, 6.45) is 1.38. The number of hydrogen-bond acceptors (Lipinski definition) is 5. The molecule has 0 aliphatic carbocycles. The predicted molar refractivity (Wildman–Crippen MR) is 95.2 cm³/mol. The Kier molecular flexibility index (Phi) is 4.76. The van der Waals surface area contributed by atoms with Crippen LogP contribution in [0.1, 0.15) is 11.1 Å². The third-order valence-electron chi connectivity index (χ3n) is 3.29. The molecule has 0 saturated heterocycles. The van der Waals surface area contributed by atoms with Crippen LogP contribution in [0.5, 0.6) is 0 Å². The second-order valence-electron chi connectivity index (χ2n) is 4.89. The van der Waals surface area contributed by atoms with E-state index in [1.54, 1.807) is 18.2 Å². The van der Waals surface area contributed by atoms with Gasteiger partial charge in [0.2, 0.25) is 5.90 Å². The van der Waals surface area contributed by atoms with Gasteiger partial charge in [0.1, 0.15) is 0 Å². The summed E-state index contributed by atoms with van der Waals surface area (Å²) in [5, 5.41) is 11.7. The molecule has 9 heteroatoms. The highest BCUT2D eigenvalue weighted by atomic mass is 35.5. The first-order valence-corrected chi connectivity index (χ1v) is 7.91. The van der Waals surface area contributed by atoms with Crippen LogP contribution in [0.3, 0.4) is 0 Å². The number of aliphatic imine (C=N–C) groups is 1. The molecule has 126 valence electrons. The van der Waals surface area contributed by atoms with E-state index in [4.69, 9.17) is 39.5 Å². The van der Waals surface area contributed by atoms with Crippen molar-refractivity contribution in [1.29, 1.82) is 0 Å². The van der Waals surface area contributed by atoms with Gasteiger partial charge in [0.25, 0.3) is 5.69 Å². The number of esters is 1. The second kappa shape index (κ2) is 6.84. The topological polar surface area (TPSA) is 81.8 Å². The van der Waals surface area contributed by atoms with E-state index in [0.717, 1.165) is 0 Å². The van der Waals surface area contributed by atoms with Crippen LogP contribution in [0.2, 0.25) is 15.1 Å². The fourth-order valence-electron chi connectivity index (χ4n) is 2.10. The number of nitro groups is 1. The van der Waals surface area contributed by atoms with E-state index in [1.807, 2.05) is 0 Å². The molecule has 6 nitrogen and oxygen atoms in total. The molecule has 0 spiro atoms. The number of cyclic esters (lactones) is 1. The first-order valence-electron chi connectivity index (χ1n) is 6.77. The smallest absolute Gasteiger partial charge is 0.363 e. The summed E-state index contributed by atoms with van der Waals surface area (Å²) in [6, 6.07) is 8.64. The van der Waals surface area contributed by atoms with Gasteiger partial charge in [-0.15, -0.1) is 0 Å². The molecule has 1 heterocycles. The number of carbonyl (C=O) groups is 1. The summed E-state index contributed by atoms with van der Waals surface area (Å²) in [5.74, 6) is -0.873. The van der Waals surface area contributed by atoms with Crippen LogP contribution in [0.15, 0.2) is 47.1 Å². The minimum absolute atomic E-state index is 0.0485. The molecule has 3 rings (SSSR count). The van der Waals surface area contributed by atoms with E-state index in [-0.39, 0.29) is 27.9 Å². The molecule has 0 amide bonds. The first kappa shape index (κ1) is 17.4. The predicted octanol–water partition coefficient (Wildman–Crippen LogP) is 4.90. The van der Waals surface area contributed by atoms with Crippen LogP contribution < -0.4 is 0 Å². The Balaban J connectivity index is 2.06. The molecule has 25 heavy (non-hydrogen) atoms. The van der Waals surface area contributed by atoms with Crippen LogP contribution in [-0.2, 0) is 9.53 Å². The van der Waals surface area contributed by atoms with Crippen molar-refractivity contribution >= 4 is 58.4 Å². The van der Waals surface area contributed by atoms with Crippen LogP contribution in [-0.4, -0.2) is 16.8 Å². The van der Waals surface area contributed by atoms with Crippen molar-refractivity contribution in [2.45, 2.75) is 0 Å². The third kappa shape index (κ3) is 3.51. The summed E-state index contributed by atoms with van der Waals surface area (Å²) >= 11 is 18.2. The lowest BCUT2D eigenvalue weighted by Crippen LogP contribution is -2.06. The van der Waals surface area contributed by atoms with Crippen molar-refractivity contribution in [3.8, 4) is 0 Å². The number of rotatable bonds is 3. The van der Waals surface area contributed by atoms with E-state index in [2.05, 4.69) is 4.99 Å². The number of hydrogen-bond donors (Lipinski definition) is 0. The average molecular weight is 398 g/mol. The maximum absolute atomic E-state index is 12.0. The molecule has 2 aromatic rings. The highest BCUT2D eigenvalue weighted by Crippen LogP contribution is 2.30. The van der Waals surface area contributed by atoms with Gasteiger partial charge < -0.3 is 4.74 Å². The van der Waals surface area contributed by atoms with Crippen molar-refractivity contribution in [1.82, 2.24) is 0 Å². The second-order valence-corrected chi connectivity index (χ2v) is 6.11. The maximum atomic E-state index is 12.0. The van der Waals surface area contributed by atoms with E-state index in [9.17, 15) is 14.9 Å². The highest BCUT2D eigenvalue weighted by molar-refractivity contribution is 6.37. The Hall–Kier alpha value is -2.41. The molecule has 0 radical (unpaired) electrons. The standard InChI is InChI=1S/C16H7Cl3N2O4/c17-11-2-1-3-12(18)9(11)7-14-16(22)25-15(20-14)10-6-8(21(23)24)4-5-13(10)19/h1-7H/b14-7-. The van der Waals surface area contributed by atoms with Crippen molar-refractivity contribution in [2.24, 2.45) is 4.99 Å². The number of ether oxygens (including phenoxy) is 1. The molecule has 1 aliphatic heterocycles. The van der Waals surface area contributed by atoms with Gasteiger partial charge in [-0.3, -0.25) is 10.1 Å². The zero-order valence-corrected chi connectivity index (χ0v) is 14.5. The maximum Gasteiger partial charge on any atom is 0.363 e. The van der Waals surface area contributed by atoms with Gasteiger partial charge in [0, 0.05) is 27.7 Å². The molecule has 1 aliphatic rings. The van der Waals surface area contributed by atoms with Crippen molar-refractivity contribution in [3.63, 3.8) is 0 Å². The number of nitro benzene ring substituents is 1. The molecule has 0 saturated carbocycles. The fraction of sp³-hybridized carbons (Fsp3) is 0. The Morgan fingerprint density at radius 2 is 1.76 bits per heavy atom. The van der Waals surface area contributed by atoms with Gasteiger partial charge >= 0.3 is 5.97 Å². The zero-order valence-electron chi connectivity index (χ0n) is 12.2. The van der Waals surface area contributed by atoms with Gasteiger partial charge in [-0.25, -0.2) is 9.79 Å². The Morgan fingerprint density at radius 1 is 1.08 bits per heavy atom. The quantitative estimate of drug-likeness (QED) is 0.319. The monoisotopic (exact) mass is 396 g/mol. The van der Waals surface area contributed by atoms with Crippen LogP contribution in [0.4, 0.5) is 5.69 Å². The van der Waals surface area contributed by atoms with Crippen molar-refractivity contribution in [3.05, 3.63) is 78.4 Å². The molecule has 0 unspecified atom stereocenters. The lowest BCUT2D eigenvalue weighted by atomic mass is 10.2. The number of nitrogens with zero attached hydrogens (tertiary/aromatic N) is 2. The molecule has 0 fully saturated rings. The van der Waals surface area contributed by atoms with Gasteiger partial charge in [-0.2, -0.15) is 0 Å². The highest BCUT2D eigenvalue weighted by Gasteiger charge is 2.27. The lowest BCUT2D eigenvalue weighted by molar-refractivity contribution is -0.384. The first-order chi connectivity index (χ1) is 11.9. The largest absolute Gasteiger partial charge is 0.402 e. The van der Waals surface area contributed by atoms with Gasteiger partial charge in [0.05, 0.1) is 15.5 Å². The van der Waals surface area contributed by atoms with Crippen LogP contribution >= 0.6 is 34.8 Å². The number of non-ortho nitro benzene ring substituents is 1. The Bertz CT molecular complexity index is 950. The fourth-order valence-corrected chi connectivity index (χ4v) is 2.81. The van der Waals surface area contributed by atoms with E-state index in [0.29, 0.717) is 15.6 Å². The number of carbonyl (C=O) groups excluding carboxylic acids is 1.